The molecule has 1 aliphatic heterocycles. The summed E-state index contributed by atoms with van der Waals surface area (Å²) in [6.45, 7) is 1.09. The standard InChI is InChI=1S/C20H16ClNO3S/c21-15-11-13(12-17-19(15)25-9-4-8-24-17)20(23)22-16-6-2-1-5-14(16)18-7-3-10-26-18/h1-3,5-7,10-12H,4,8-9H2,(H,22,23). The molecular formula is C20H16ClNO3S. The van der Waals surface area contributed by atoms with Gasteiger partial charge in [0.15, 0.2) is 11.5 Å². The molecule has 2 aromatic carbocycles. The van der Waals surface area contributed by atoms with E-state index in [2.05, 4.69) is 5.32 Å². The van der Waals surface area contributed by atoms with Crippen LogP contribution in [0.25, 0.3) is 10.4 Å². The lowest BCUT2D eigenvalue weighted by molar-refractivity contribution is 0.102. The Kier molecular flexibility index (Phi) is 4.82. The molecule has 0 unspecified atom stereocenters. The summed E-state index contributed by atoms with van der Waals surface area (Å²) in [5.41, 5.74) is 2.17. The van der Waals surface area contributed by atoms with E-state index in [1.807, 2.05) is 41.8 Å². The molecule has 0 fully saturated rings. The van der Waals surface area contributed by atoms with Crippen molar-refractivity contribution in [2.24, 2.45) is 0 Å². The minimum atomic E-state index is -0.244. The Balaban J connectivity index is 1.64. The number of carbonyl (C=O) groups is 1. The second-order valence-corrected chi connectivity index (χ2v) is 7.17. The first-order valence-electron chi connectivity index (χ1n) is 8.26. The van der Waals surface area contributed by atoms with E-state index in [1.165, 1.54) is 0 Å². The van der Waals surface area contributed by atoms with Crippen LogP contribution in [0.15, 0.2) is 53.9 Å². The molecule has 2 heterocycles. The number of halogens is 1. The summed E-state index contributed by atoms with van der Waals surface area (Å²) in [7, 11) is 0. The monoisotopic (exact) mass is 385 g/mol. The highest BCUT2D eigenvalue weighted by Gasteiger charge is 2.19. The molecule has 132 valence electrons. The van der Waals surface area contributed by atoms with E-state index in [0.29, 0.717) is 35.3 Å². The number of hydrogen-bond acceptors (Lipinski definition) is 4. The summed E-state index contributed by atoms with van der Waals surface area (Å²) in [6, 6.07) is 15.0. The zero-order valence-corrected chi connectivity index (χ0v) is 15.4. The molecule has 0 spiro atoms. The van der Waals surface area contributed by atoms with Crippen LogP contribution in [0.5, 0.6) is 11.5 Å². The largest absolute Gasteiger partial charge is 0.489 e. The van der Waals surface area contributed by atoms with E-state index < -0.39 is 0 Å². The van der Waals surface area contributed by atoms with Gasteiger partial charge in [-0.3, -0.25) is 4.79 Å². The van der Waals surface area contributed by atoms with Crippen molar-refractivity contribution in [1.29, 1.82) is 0 Å². The van der Waals surface area contributed by atoms with Gasteiger partial charge in [-0.15, -0.1) is 11.3 Å². The van der Waals surface area contributed by atoms with Crippen LogP contribution in [0.4, 0.5) is 5.69 Å². The molecule has 1 aliphatic rings. The van der Waals surface area contributed by atoms with Crippen LogP contribution in [0.3, 0.4) is 0 Å². The van der Waals surface area contributed by atoms with Crippen LogP contribution in [-0.2, 0) is 0 Å². The highest BCUT2D eigenvalue weighted by Crippen LogP contribution is 2.38. The van der Waals surface area contributed by atoms with Gasteiger partial charge in [0, 0.05) is 28.1 Å². The molecule has 0 radical (unpaired) electrons. The molecule has 6 heteroatoms. The summed E-state index contributed by atoms with van der Waals surface area (Å²) in [4.78, 5) is 13.9. The number of benzene rings is 2. The van der Waals surface area contributed by atoms with Crippen molar-refractivity contribution in [2.75, 3.05) is 18.5 Å². The predicted octanol–water partition coefficient (Wildman–Crippen LogP) is 5.48. The van der Waals surface area contributed by atoms with Crippen LogP contribution in [0, 0.1) is 0 Å². The molecule has 4 nitrogen and oxygen atoms in total. The van der Waals surface area contributed by atoms with Crippen LogP contribution < -0.4 is 14.8 Å². The molecule has 4 rings (SSSR count). The number of anilines is 1. The molecule has 0 aliphatic carbocycles. The fraction of sp³-hybridized carbons (Fsp3) is 0.150. The first-order valence-corrected chi connectivity index (χ1v) is 9.51. The van der Waals surface area contributed by atoms with E-state index in [0.717, 1.165) is 22.5 Å². The molecule has 1 amide bonds. The zero-order chi connectivity index (χ0) is 17.9. The smallest absolute Gasteiger partial charge is 0.255 e. The van der Waals surface area contributed by atoms with Crippen molar-refractivity contribution in [3.63, 3.8) is 0 Å². The third-order valence-corrected chi connectivity index (χ3v) is 5.21. The fourth-order valence-electron chi connectivity index (χ4n) is 2.80. The summed E-state index contributed by atoms with van der Waals surface area (Å²) in [5, 5.41) is 5.36. The molecule has 26 heavy (non-hydrogen) atoms. The topological polar surface area (TPSA) is 47.6 Å². The van der Waals surface area contributed by atoms with E-state index in [9.17, 15) is 4.79 Å². The van der Waals surface area contributed by atoms with Gasteiger partial charge < -0.3 is 14.8 Å². The van der Waals surface area contributed by atoms with Crippen molar-refractivity contribution < 1.29 is 14.3 Å². The van der Waals surface area contributed by atoms with Crippen LogP contribution >= 0.6 is 22.9 Å². The normalized spacial score (nSPS) is 13.1. The predicted molar refractivity (Wildman–Crippen MR) is 105 cm³/mol. The number of rotatable bonds is 3. The minimum Gasteiger partial charge on any atom is -0.489 e. The van der Waals surface area contributed by atoms with Crippen LogP contribution in [0.2, 0.25) is 5.02 Å². The molecular weight excluding hydrogens is 370 g/mol. The average Bonchev–Trinajstić information content (AvgIpc) is 3.07. The minimum absolute atomic E-state index is 0.244. The van der Waals surface area contributed by atoms with Crippen molar-refractivity contribution in [3.8, 4) is 21.9 Å². The number of para-hydroxylation sites is 1. The van der Waals surface area contributed by atoms with Gasteiger partial charge in [0.25, 0.3) is 5.91 Å². The van der Waals surface area contributed by atoms with Crippen molar-refractivity contribution >= 4 is 34.5 Å². The fourth-order valence-corrected chi connectivity index (χ4v) is 3.83. The molecule has 3 aromatic rings. The number of fused-ring (bicyclic) bond motifs is 1. The Hall–Kier alpha value is -2.50. The van der Waals surface area contributed by atoms with E-state index >= 15 is 0 Å². The van der Waals surface area contributed by atoms with Crippen molar-refractivity contribution in [3.05, 3.63) is 64.5 Å². The van der Waals surface area contributed by atoms with Gasteiger partial charge in [-0.05, 0) is 29.6 Å². The van der Waals surface area contributed by atoms with E-state index in [-0.39, 0.29) is 5.91 Å². The Bertz CT molecular complexity index is 940. The Morgan fingerprint density at radius 2 is 1.92 bits per heavy atom. The van der Waals surface area contributed by atoms with Gasteiger partial charge in [0.2, 0.25) is 0 Å². The second-order valence-electron chi connectivity index (χ2n) is 5.81. The summed E-state index contributed by atoms with van der Waals surface area (Å²) in [5.74, 6) is 0.762. The second kappa shape index (κ2) is 7.40. The molecule has 0 bridgehead atoms. The average molecular weight is 386 g/mol. The zero-order valence-electron chi connectivity index (χ0n) is 13.8. The lowest BCUT2D eigenvalue weighted by atomic mass is 10.1. The Labute approximate surface area is 160 Å². The van der Waals surface area contributed by atoms with Gasteiger partial charge in [0.1, 0.15) is 0 Å². The maximum absolute atomic E-state index is 12.8. The number of nitrogens with one attached hydrogen (secondary N) is 1. The van der Waals surface area contributed by atoms with Crippen LogP contribution in [0.1, 0.15) is 16.8 Å². The Morgan fingerprint density at radius 3 is 2.77 bits per heavy atom. The maximum atomic E-state index is 12.8. The van der Waals surface area contributed by atoms with Gasteiger partial charge in [0.05, 0.1) is 18.2 Å². The number of carbonyl (C=O) groups excluding carboxylic acids is 1. The van der Waals surface area contributed by atoms with E-state index in [4.69, 9.17) is 21.1 Å². The lowest BCUT2D eigenvalue weighted by Gasteiger charge is -2.13. The number of ether oxygens (including phenoxy) is 2. The van der Waals surface area contributed by atoms with Gasteiger partial charge in [-0.25, -0.2) is 0 Å². The van der Waals surface area contributed by atoms with Crippen molar-refractivity contribution in [2.45, 2.75) is 6.42 Å². The molecule has 0 atom stereocenters. The number of hydrogen-bond donors (Lipinski definition) is 1. The van der Waals surface area contributed by atoms with Gasteiger partial charge in [-0.2, -0.15) is 0 Å². The Morgan fingerprint density at radius 1 is 1.08 bits per heavy atom. The number of thiophene rings is 1. The van der Waals surface area contributed by atoms with Gasteiger partial charge in [-0.1, -0.05) is 35.9 Å². The SMILES string of the molecule is O=C(Nc1ccccc1-c1cccs1)c1cc(Cl)c2c(c1)OCCCO2. The quantitative estimate of drug-likeness (QED) is 0.649. The van der Waals surface area contributed by atoms with Crippen molar-refractivity contribution in [1.82, 2.24) is 0 Å². The highest BCUT2D eigenvalue weighted by atomic mass is 35.5. The number of amides is 1. The highest BCUT2D eigenvalue weighted by molar-refractivity contribution is 7.13. The lowest BCUT2D eigenvalue weighted by Crippen LogP contribution is -2.13. The molecule has 1 aromatic heterocycles. The third-order valence-electron chi connectivity index (χ3n) is 4.03. The van der Waals surface area contributed by atoms with Crippen LogP contribution in [-0.4, -0.2) is 19.1 Å². The summed E-state index contributed by atoms with van der Waals surface area (Å²) in [6.07, 6.45) is 0.778. The first kappa shape index (κ1) is 16.9. The summed E-state index contributed by atoms with van der Waals surface area (Å²) < 4.78 is 11.3. The van der Waals surface area contributed by atoms with E-state index in [1.54, 1.807) is 23.5 Å². The molecule has 0 saturated carbocycles. The maximum Gasteiger partial charge on any atom is 0.255 e. The first-order chi connectivity index (χ1) is 12.7. The molecule has 1 N–H and O–H groups in total. The van der Waals surface area contributed by atoms with Gasteiger partial charge >= 0.3 is 0 Å². The molecule has 0 saturated heterocycles. The summed E-state index contributed by atoms with van der Waals surface area (Å²) >= 11 is 7.92. The third kappa shape index (κ3) is 3.41.